The topological polar surface area (TPSA) is 170 Å². The summed E-state index contributed by atoms with van der Waals surface area (Å²) < 4.78 is 58.8. The Hall–Kier alpha value is -2.22. The van der Waals surface area contributed by atoms with Crippen molar-refractivity contribution >= 4 is 20.0 Å². The molecule has 0 unspecified atom stereocenters. The monoisotopic (exact) mass is 680 g/mol. The van der Waals surface area contributed by atoms with Crippen LogP contribution in [0.25, 0.3) is 0 Å². The molecular weight excluding hydrogens is 621 g/mol. The van der Waals surface area contributed by atoms with Crippen LogP contribution in [-0.2, 0) is 20.0 Å². The fraction of sp³-hybridized carbons (Fsp3) is 0.882. The summed E-state index contributed by atoms with van der Waals surface area (Å²) >= 11 is 0. The number of unbranched alkanes of at least 4 members (excludes halogenated alkanes) is 18. The molecule has 0 amide bonds. The van der Waals surface area contributed by atoms with Gasteiger partial charge in [0.25, 0.3) is 0 Å². The summed E-state index contributed by atoms with van der Waals surface area (Å²) in [5, 5.41) is 35.6. The first-order chi connectivity index (χ1) is 22.2. The van der Waals surface area contributed by atoms with Crippen LogP contribution in [0.1, 0.15) is 161 Å². The summed E-state index contributed by atoms with van der Waals surface area (Å²) in [6.07, 6.45) is 15.9. The minimum absolute atomic E-state index is 0.0389. The molecule has 0 aromatic carbocycles. The molecule has 12 heteroatoms. The maximum absolute atomic E-state index is 14.4. The van der Waals surface area contributed by atoms with Crippen LogP contribution in [0.2, 0.25) is 0 Å². The molecule has 10 nitrogen and oxygen atoms in total. The van der Waals surface area contributed by atoms with Crippen molar-refractivity contribution in [3.05, 3.63) is 0 Å². The predicted octanol–water partition coefficient (Wildman–Crippen LogP) is 8.05. The summed E-state index contributed by atoms with van der Waals surface area (Å²) in [6.45, 7) is 2.97. The van der Waals surface area contributed by atoms with Crippen LogP contribution in [0.5, 0.6) is 0 Å². The fourth-order valence-corrected chi connectivity index (χ4v) is 10.5. The molecule has 0 aromatic heterocycles. The molecule has 0 saturated heterocycles. The first-order valence-electron chi connectivity index (χ1n) is 17.7. The first-order valence-corrected chi connectivity index (χ1v) is 20.7. The summed E-state index contributed by atoms with van der Waals surface area (Å²) in [7, 11) is -8.49. The molecule has 0 fully saturated rings. The van der Waals surface area contributed by atoms with Crippen LogP contribution >= 0.6 is 0 Å². The zero-order valence-corrected chi connectivity index (χ0v) is 30.1. The SMILES string of the molecule is CCCCCCCCCC(S(=O)(=O)N(CCCCCC#N)CCCCCC#N)S(=O)(=O)N(CCCCCC#N)CCCCCC#N. The minimum Gasteiger partial charge on any atom is -0.211 e. The van der Waals surface area contributed by atoms with E-state index in [4.69, 9.17) is 21.0 Å². The molecule has 0 aliphatic rings. The predicted molar refractivity (Wildman–Crippen MR) is 184 cm³/mol. The maximum Gasteiger partial charge on any atom is 0.232 e. The Kier molecular flexibility index (Phi) is 27.6. The lowest BCUT2D eigenvalue weighted by molar-refractivity contribution is 0.370. The highest BCUT2D eigenvalue weighted by atomic mass is 32.3. The van der Waals surface area contributed by atoms with Gasteiger partial charge in [0.1, 0.15) is 0 Å². The third-order valence-electron chi connectivity index (χ3n) is 8.21. The van der Waals surface area contributed by atoms with E-state index < -0.39 is 24.6 Å². The average molecular weight is 681 g/mol. The van der Waals surface area contributed by atoms with Crippen molar-refractivity contribution in [3.8, 4) is 24.3 Å². The van der Waals surface area contributed by atoms with E-state index in [1.54, 1.807) is 0 Å². The molecule has 0 rings (SSSR count). The van der Waals surface area contributed by atoms with E-state index in [-0.39, 0.29) is 32.6 Å². The maximum atomic E-state index is 14.4. The van der Waals surface area contributed by atoms with Crippen molar-refractivity contribution in [2.75, 3.05) is 26.2 Å². The first kappa shape index (κ1) is 43.8. The molecule has 0 saturated carbocycles. The van der Waals surface area contributed by atoms with Crippen LogP contribution in [0.15, 0.2) is 0 Å². The molecule has 262 valence electrons. The van der Waals surface area contributed by atoms with Crippen molar-refractivity contribution in [2.24, 2.45) is 0 Å². The minimum atomic E-state index is -4.24. The van der Waals surface area contributed by atoms with E-state index in [1.165, 1.54) is 8.61 Å². The molecule has 0 N–H and O–H groups in total. The highest BCUT2D eigenvalue weighted by molar-refractivity contribution is 8.07. The van der Waals surface area contributed by atoms with Crippen LogP contribution < -0.4 is 0 Å². The number of hydrogen-bond acceptors (Lipinski definition) is 8. The molecule has 0 aliphatic heterocycles. The van der Waals surface area contributed by atoms with Crippen molar-refractivity contribution in [1.29, 1.82) is 21.0 Å². The number of nitriles is 4. The van der Waals surface area contributed by atoms with Crippen LogP contribution in [0.3, 0.4) is 0 Å². The quantitative estimate of drug-likeness (QED) is 0.0642. The zero-order valence-electron chi connectivity index (χ0n) is 28.5. The Bertz CT molecular complexity index is 1020. The average Bonchev–Trinajstić information content (AvgIpc) is 3.03. The standard InChI is InChI=1S/C34H60N6O4S2/c1-2-3-4-5-6-7-16-25-34(45(41,42)39(30-21-12-8-17-26-35)31-22-13-9-18-27-36)46(43,44)40(32-23-14-10-19-28-37)33-24-15-11-20-29-38/h34H,2-25,30-33H2,1H3. The van der Waals surface area contributed by atoms with E-state index in [9.17, 15) is 16.8 Å². The van der Waals surface area contributed by atoms with Crippen molar-refractivity contribution in [1.82, 2.24) is 8.61 Å². The lowest BCUT2D eigenvalue weighted by atomic mass is 10.1. The molecule has 0 aromatic rings. The zero-order chi connectivity index (χ0) is 34.4. The van der Waals surface area contributed by atoms with Gasteiger partial charge in [0.15, 0.2) is 4.58 Å². The fourth-order valence-electron chi connectivity index (χ4n) is 5.46. The molecular formula is C34H60N6O4S2. The lowest BCUT2D eigenvalue weighted by Crippen LogP contribution is -2.49. The Morgan fingerprint density at radius 1 is 0.435 bits per heavy atom. The summed E-state index contributed by atoms with van der Waals surface area (Å²) in [5.41, 5.74) is 0. The van der Waals surface area contributed by atoms with Gasteiger partial charge < -0.3 is 0 Å². The largest absolute Gasteiger partial charge is 0.232 e. The van der Waals surface area contributed by atoms with E-state index in [0.717, 1.165) is 38.5 Å². The van der Waals surface area contributed by atoms with E-state index in [1.807, 2.05) is 0 Å². The van der Waals surface area contributed by atoms with E-state index >= 15 is 0 Å². The second kappa shape index (κ2) is 29.0. The van der Waals surface area contributed by atoms with Gasteiger partial charge in [0, 0.05) is 51.9 Å². The smallest absolute Gasteiger partial charge is 0.211 e. The molecule has 0 radical (unpaired) electrons. The van der Waals surface area contributed by atoms with Gasteiger partial charge in [-0.3, -0.25) is 0 Å². The van der Waals surface area contributed by atoms with Crippen molar-refractivity contribution < 1.29 is 16.8 Å². The summed E-state index contributed by atoms with van der Waals surface area (Å²) in [6, 6.07) is 8.46. The van der Waals surface area contributed by atoms with Gasteiger partial charge in [-0.1, -0.05) is 77.6 Å². The lowest BCUT2D eigenvalue weighted by Gasteiger charge is -2.32. The van der Waals surface area contributed by atoms with Gasteiger partial charge in [0.2, 0.25) is 20.0 Å². The Morgan fingerprint density at radius 3 is 1.02 bits per heavy atom. The highest BCUT2D eigenvalue weighted by Gasteiger charge is 2.43. The van der Waals surface area contributed by atoms with Gasteiger partial charge in [-0.05, 0) is 57.8 Å². The second-order valence-electron chi connectivity index (χ2n) is 12.1. The van der Waals surface area contributed by atoms with Gasteiger partial charge in [0.05, 0.1) is 24.3 Å². The molecule has 0 bridgehead atoms. The Morgan fingerprint density at radius 2 is 0.717 bits per heavy atom. The van der Waals surface area contributed by atoms with Crippen molar-refractivity contribution in [3.63, 3.8) is 0 Å². The highest BCUT2D eigenvalue weighted by Crippen LogP contribution is 2.27. The van der Waals surface area contributed by atoms with Gasteiger partial charge in [-0.2, -0.15) is 21.0 Å². The van der Waals surface area contributed by atoms with Crippen LogP contribution in [0.4, 0.5) is 0 Å². The number of sulfonamides is 2. The normalized spacial score (nSPS) is 11.8. The number of hydrogen-bond donors (Lipinski definition) is 0. The van der Waals surface area contributed by atoms with E-state index in [0.29, 0.717) is 109 Å². The summed E-state index contributed by atoms with van der Waals surface area (Å²) in [4.78, 5) is 0. The third-order valence-corrected chi connectivity index (χ3v) is 13.6. The van der Waals surface area contributed by atoms with Crippen molar-refractivity contribution in [2.45, 2.75) is 166 Å². The molecule has 46 heavy (non-hydrogen) atoms. The summed E-state index contributed by atoms with van der Waals surface area (Å²) in [5.74, 6) is 0. The third kappa shape index (κ3) is 20.1. The van der Waals surface area contributed by atoms with Gasteiger partial charge in [-0.25, -0.2) is 25.4 Å². The molecule has 0 aliphatic carbocycles. The number of rotatable bonds is 32. The Labute approximate surface area is 281 Å². The van der Waals surface area contributed by atoms with Crippen LogP contribution in [-0.4, -0.2) is 56.2 Å². The second-order valence-corrected chi connectivity index (χ2v) is 16.6. The molecule has 0 heterocycles. The van der Waals surface area contributed by atoms with Gasteiger partial charge >= 0.3 is 0 Å². The molecule has 0 spiro atoms. The van der Waals surface area contributed by atoms with Gasteiger partial charge in [-0.15, -0.1) is 0 Å². The van der Waals surface area contributed by atoms with E-state index in [2.05, 4.69) is 31.2 Å². The van der Waals surface area contributed by atoms with Crippen LogP contribution in [0, 0.1) is 45.3 Å². The molecule has 0 atom stereocenters. The Balaban J connectivity index is 6.22. The number of nitrogens with zero attached hydrogens (tertiary/aromatic N) is 6.